The maximum atomic E-state index is 14.2. The second-order valence-corrected chi connectivity index (χ2v) is 6.05. The van der Waals surface area contributed by atoms with Crippen LogP contribution in [-0.2, 0) is 16.6 Å². The molecule has 0 aliphatic carbocycles. The third kappa shape index (κ3) is 3.29. The number of nitrogens with one attached hydrogen (secondary N) is 1. The molecule has 1 rings (SSSR count). The van der Waals surface area contributed by atoms with E-state index >= 15 is 0 Å². The molecule has 19 heavy (non-hydrogen) atoms. The van der Waals surface area contributed by atoms with Gasteiger partial charge in [0.1, 0.15) is 10.7 Å². The fourth-order valence-electron chi connectivity index (χ4n) is 1.53. The lowest BCUT2D eigenvalue weighted by Gasteiger charge is -2.17. The monoisotopic (exact) mass is 292 g/mol. The zero-order chi connectivity index (χ0) is 14.6. The number of hydrogen-bond donors (Lipinski definition) is 1. The Balaban J connectivity index is 3.32. The van der Waals surface area contributed by atoms with E-state index < -0.39 is 26.6 Å². The average molecular weight is 292 g/mol. The lowest BCUT2D eigenvalue weighted by atomic mass is 10.2. The van der Waals surface area contributed by atoms with Gasteiger partial charge in [0.25, 0.3) is 0 Å². The van der Waals surface area contributed by atoms with Gasteiger partial charge in [0.05, 0.1) is 0 Å². The quantitative estimate of drug-likeness (QED) is 0.868. The highest BCUT2D eigenvalue weighted by Gasteiger charge is 2.26. The third-order valence-corrected chi connectivity index (χ3v) is 4.79. The molecule has 0 atom stereocenters. The SMILES string of the molecule is CCNCc1c(F)ccc(S(=O)(=O)N(C)CC)c1F. The Hall–Kier alpha value is -1.05. The second-order valence-electron chi connectivity index (χ2n) is 4.04. The van der Waals surface area contributed by atoms with E-state index in [1.165, 1.54) is 7.05 Å². The summed E-state index contributed by atoms with van der Waals surface area (Å²) in [5.41, 5.74) is -0.257. The van der Waals surface area contributed by atoms with Crippen molar-refractivity contribution in [3.63, 3.8) is 0 Å². The van der Waals surface area contributed by atoms with Crippen LogP contribution in [0.2, 0.25) is 0 Å². The molecule has 0 fully saturated rings. The summed E-state index contributed by atoms with van der Waals surface area (Å²) in [6.07, 6.45) is 0. The molecule has 0 bridgehead atoms. The zero-order valence-corrected chi connectivity index (χ0v) is 12.0. The lowest BCUT2D eigenvalue weighted by Crippen LogP contribution is -2.28. The minimum Gasteiger partial charge on any atom is -0.313 e. The molecular formula is C12H18F2N2O2S. The summed E-state index contributed by atoms with van der Waals surface area (Å²) in [5, 5.41) is 2.78. The summed E-state index contributed by atoms with van der Waals surface area (Å²) in [6.45, 7) is 4.12. The fraction of sp³-hybridized carbons (Fsp3) is 0.500. The third-order valence-electron chi connectivity index (χ3n) is 2.84. The van der Waals surface area contributed by atoms with Crippen molar-refractivity contribution in [2.45, 2.75) is 25.3 Å². The van der Waals surface area contributed by atoms with Crippen molar-refractivity contribution in [1.82, 2.24) is 9.62 Å². The molecule has 0 aliphatic heterocycles. The molecule has 0 saturated heterocycles. The highest BCUT2D eigenvalue weighted by Crippen LogP contribution is 2.23. The Bertz CT molecular complexity index is 547. The van der Waals surface area contributed by atoms with E-state index in [0.717, 1.165) is 16.4 Å². The smallest absolute Gasteiger partial charge is 0.245 e. The highest BCUT2D eigenvalue weighted by molar-refractivity contribution is 7.89. The normalized spacial score (nSPS) is 12.1. The molecular weight excluding hydrogens is 274 g/mol. The molecule has 1 N–H and O–H groups in total. The van der Waals surface area contributed by atoms with E-state index in [0.29, 0.717) is 6.54 Å². The number of halogens is 2. The topological polar surface area (TPSA) is 49.4 Å². The molecule has 0 spiro atoms. The molecule has 0 heterocycles. The summed E-state index contributed by atoms with van der Waals surface area (Å²) in [6, 6.07) is 1.94. The number of benzene rings is 1. The maximum absolute atomic E-state index is 14.2. The van der Waals surface area contributed by atoms with Gasteiger partial charge in [-0.3, -0.25) is 0 Å². The van der Waals surface area contributed by atoms with Gasteiger partial charge in [-0.1, -0.05) is 13.8 Å². The van der Waals surface area contributed by atoms with Gasteiger partial charge in [0.15, 0.2) is 5.82 Å². The van der Waals surface area contributed by atoms with Crippen LogP contribution in [0.25, 0.3) is 0 Å². The van der Waals surface area contributed by atoms with Crippen molar-refractivity contribution in [3.8, 4) is 0 Å². The maximum Gasteiger partial charge on any atom is 0.245 e. The van der Waals surface area contributed by atoms with Crippen molar-refractivity contribution < 1.29 is 17.2 Å². The Labute approximate surface area is 112 Å². The van der Waals surface area contributed by atoms with Crippen LogP contribution in [0.1, 0.15) is 19.4 Å². The largest absolute Gasteiger partial charge is 0.313 e. The van der Waals surface area contributed by atoms with Gasteiger partial charge in [0.2, 0.25) is 10.0 Å². The first-order valence-electron chi connectivity index (χ1n) is 6.00. The van der Waals surface area contributed by atoms with Crippen LogP contribution in [0.15, 0.2) is 17.0 Å². The van der Waals surface area contributed by atoms with Crippen molar-refractivity contribution >= 4 is 10.0 Å². The Kier molecular flexibility index (Phi) is 5.39. The van der Waals surface area contributed by atoms with Crippen molar-refractivity contribution in [3.05, 3.63) is 29.3 Å². The summed E-state index contributed by atoms with van der Waals surface area (Å²) in [5.74, 6) is -1.78. The second kappa shape index (κ2) is 6.40. The van der Waals surface area contributed by atoms with Crippen LogP contribution in [0.5, 0.6) is 0 Å². The van der Waals surface area contributed by atoms with E-state index in [1.54, 1.807) is 13.8 Å². The summed E-state index contributed by atoms with van der Waals surface area (Å²) >= 11 is 0. The van der Waals surface area contributed by atoms with Gasteiger partial charge in [0, 0.05) is 25.7 Å². The minimum absolute atomic E-state index is 0.0482. The lowest BCUT2D eigenvalue weighted by molar-refractivity contribution is 0.471. The first kappa shape index (κ1) is 16.0. The molecule has 0 saturated carbocycles. The van der Waals surface area contributed by atoms with Crippen molar-refractivity contribution in [2.75, 3.05) is 20.1 Å². The van der Waals surface area contributed by atoms with Crippen LogP contribution < -0.4 is 5.32 Å². The van der Waals surface area contributed by atoms with Crippen LogP contribution in [0.3, 0.4) is 0 Å². The molecule has 108 valence electrons. The molecule has 4 nitrogen and oxygen atoms in total. The molecule has 1 aromatic carbocycles. The van der Waals surface area contributed by atoms with Gasteiger partial charge in [-0.25, -0.2) is 21.5 Å². The van der Waals surface area contributed by atoms with Gasteiger partial charge >= 0.3 is 0 Å². The molecule has 0 amide bonds. The van der Waals surface area contributed by atoms with E-state index in [4.69, 9.17) is 0 Å². The fourth-order valence-corrected chi connectivity index (χ4v) is 2.79. The Morgan fingerprint density at radius 2 is 1.89 bits per heavy atom. The van der Waals surface area contributed by atoms with Gasteiger partial charge in [-0.05, 0) is 18.7 Å². The van der Waals surface area contributed by atoms with Crippen LogP contribution in [-0.4, -0.2) is 32.9 Å². The number of hydrogen-bond acceptors (Lipinski definition) is 3. The summed E-state index contributed by atoms with van der Waals surface area (Å²) in [7, 11) is -2.57. The van der Waals surface area contributed by atoms with Gasteiger partial charge in [-0.15, -0.1) is 0 Å². The van der Waals surface area contributed by atoms with Crippen molar-refractivity contribution in [1.29, 1.82) is 0 Å². The van der Waals surface area contributed by atoms with E-state index in [-0.39, 0.29) is 18.7 Å². The van der Waals surface area contributed by atoms with Gasteiger partial charge < -0.3 is 5.32 Å². The number of rotatable bonds is 6. The molecule has 0 radical (unpaired) electrons. The van der Waals surface area contributed by atoms with Crippen LogP contribution >= 0.6 is 0 Å². The van der Waals surface area contributed by atoms with E-state index in [2.05, 4.69) is 5.32 Å². The molecule has 1 aromatic rings. The molecule has 0 aliphatic rings. The number of nitrogens with zero attached hydrogens (tertiary/aromatic N) is 1. The van der Waals surface area contributed by atoms with E-state index in [9.17, 15) is 17.2 Å². The molecule has 7 heteroatoms. The summed E-state index contributed by atoms with van der Waals surface area (Å²) in [4.78, 5) is -0.494. The Morgan fingerprint density at radius 1 is 1.26 bits per heavy atom. The van der Waals surface area contributed by atoms with Gasteiger partial charge in [-0.2, -0.15) is 0 Å². The Morgan fingerprint density at radius 3 is 2.42 bits per heavy atom. The highest BCUT2D eigenvalue weighted by atomic mass is 32.2. The van der Waals surface area contributed by atoms with Crippen molar-refractivity contribution in [2.24, 2.45) is 0 Å². The first-order valence-corrected chi connectivity index (χ1v) is 7.44. The predicted octanol–water partition coefficient (Wildman–Crippen LogP) is 1.71. The van der Waals surface area contributed by atoms with E-state index in [1.807, 2.05) is 0 Å². The van der Waals surface area contributed by atoms with Crippen LogP contribution in [0.4, 0.5) is 8.78 Å². The predicted molar refractivity (Wildman–Crippen MR) is 69.2 cm³/mol. The van der Waals surface area contributed by atoms with Crippen LogP contribution in [0, 0.1) is 11.6 Å². The molecule has 0 unspecified atom stereocenters. The first-order chi connectivity index (χ1) is 8.86. The molecule has 0 aromatic heterocycles. The standard InChI is InChI=1S/C12H18F2N2O2S/c1-4-15-8-9-10(13)6-7-11(12(9)14)19(17,18)16(3)5-2/h6-7,15H,4-5,8H2,1-3H3. The number of sulfonamides is 1. The average Bonchev–Trinajstić information content (AvgIpc) is 2.37. The minimum atomic E-state index is -3.92. The summed E-state index contributed by atoms with van der Waals surface area (Å²) < 4.78 is 52.8. The zero-order valence-electron chi connectivity index (χ0n) is 11.2.